The summed E-state index contributed by atoms with van der Waals surface area (Å²) < 4.78 is 10.4. The van der Waals surface area contributed by atoms with Gasteiger partial charge >= 0.3 is 5.97 Å². The number of benzene rings is 8. The smallest absolute Gasteiger partial charge is 0.303 e. The van der Waals surface area contributed by atoms with Gasteiger partial charge in [-0.25, -0.2) is 0 Å². The molecule has 0 aromatic heterocycles. The molecule has 0 aliphatic carbocycles. The highest BCUT2D eigenvalue weighted by atomic mass is 16.5. The summed E-state index contributed by atoms with van der Waals surface area (Å²) in [6.07, 6.45) is 0.747. The first kappa shape index (κ1) is 36.6. The first-order valence-electron chi connectivity index (χ1n) is 18.4. The number of carbonyl (C=O) groups excluding carboxylic acids is 2. The van der Waals surface area contributed by atoms with Crippen LogP contribution in [-0.2, 0) is 16.0 Å². The molecule has 0 amide bonds. The zero-order chi connectivity index (χ0) is 38.5. The van der Waals surface area contributed by atoms with Gasteiger partial charge in [-0.2, -0.15) is 0 Å². The lowest BCUT2D eigenvalue weighted by Gasteiger charge is -2.28. The first-order valence-corrected chi connectivity index (χ1v) is 18.4. The van der Waals surface area contributed by atoms with Gasteiger partial charge in [-0.15, -0.1) is 13.2 Å². The van der Waals surface area contributed by atoms with Crippen LogP contribution in [0.5, 0.6) is 5.75 Å². The molecule has 5 heteroatoms. The predicted octanol–water partition coefficient (Wildman–Crippen LogP) is 12.3. The van der Waals surface area contributed by atoms with Crippen LogP contribution in [0.3, 0.4) is 0 Å². The minimum absolute atomic E-state index is 0.0233. The van der Waals surface area contributed by atoms with Crippen molar-refractivity contribution in [2.45, 2.75) is 26.2 Å². The number of nitrogens with zero attached hydrogens (tertiary/aromatic N) is 1. The summed E-state index contributed by atoms with van der Waals surface area (Å²) in [6.45, 7) is 9.15. The number of carbonyl (C=O) groups is 2. The van der Waals surface area contributed by atoms with Crippen LogP contribution in [0.2, 0.25) is 0 Å². The maximum Gasteiger partial charge on any atom is 0.303 e. The van der Waals surface area contributed by atoms with Crippen molar-refractivity contribution >= 4 is 61.1 Å². The van der Waals surface area contributed by atoms with Gasteiger partial charge in [-0.1, -0.05) is 115 Å². The molecule has 55 heavy (non-hydrogen) atoms. The summed E-state index contributed by atoms with van der Waals surface area (Å²) in [7, 11) is 1.67. The lowest BCUT2D eigenvalue weighted by atomic mass is 9.85. The Kier molecular flexibility index (Phi) is 10.7. The zero-order valence-corrected chi connectivity index (χ0v) is 31.4. The summed E-state index contributed by atoms with van der Waals surface area (Å²) in [5, 5.41) is 7.53. The fourth-order valence-corrected chi connectivity index (χ4v) is 7.47. The van der Waals surface area contributed by atoms with E-state index in [0.717, 1.165) is 40.4 Å². The molecule has 0 radical (unpaired) electrons. The van der Waals surface area contributed by atoms with Gasteiger partial charge < -0.3 is 14.4 Å². The Hall–Kier alpha value is -6.72. The van der Waals surface area contributed by atoms with Crippen LogP contribution in [0.15, 0.2) is 165 Å². The van der Waals surface area contributed by atoms with Gasteiger partial charge in [0.2, 0.25) is 0 Å². The summed E-state index contributed by atoms with van der Waals surface area (Å²) in [4.78, 5) is 26.2. The lowest BCUT2D eigenvalue weighted by molar-refractivity contribution is -0.139. The Bertz CT molecular complexity index is 2560. The molecule has 0 aliphatic rings. The quantitative estimate of drug-likeness (QED) is 0.0576. The minimum Gasteiger partial charge on any atom is -0.497 e. The lowest BCUT2D eigenvalue weighted by Crippen LogP contribution is -2.12. The van der Waals surface area contributed by atoms with Crippen molar-refractivity contribution < 1.29 is 19.1 Å². The van der Waals surface area contributed by atoms with E-state index in [4.69, 9.17) is 9.47 Å². The maximum absolute atomic E-state index is 12.6. The average Bonchev–Trinajstić information content (AvgIpc) is 3.23. The van der Waals surface area contributed by atoms with Crippen molar-refractivity contribution in [2.75, 3.05) is 18.6 Å². The Labute approximate surface area is 322 Å². The summed E-state index contributed by atoms with van der Waals surface area (Å²) in [6, 6.07) is 53.4. The SMILES string of the molecule is C=C.COc1ccc(C(Cc2ccc(N(c3ccc(C)cc3)c3ccc4ccc5cccc6ccc3c4c56)cc2)c2ccc(C(=O)COC(C)=O)cc2)cc1. The van der Waals surface area contributed by atoms with Crippen molar-refractivity contribution in [1.82, 2.24) is 0 Å². The number of ketones is 1. The van der Waals surface area contributed by atoms with Crippen LogP contribution in [0.1, 0.15) is 45.5 Å². The molecule has 8 aromatic carbocycles. The third kappa shape index (κ3) is 7.55. The number of esters is 1. The Morgan fingerprint density at radius 3 is 1.78 bits per heavy atom. The first-order chi connectivity index (χ1) is 26.9. The molecule has 1 unspecified atom stereocenters. The summed E-state index contributed by atoms with van der Waals surface area (Å²) >= 11 is 0. The standard InChI is InChI=1S/C48H39NO4.C2H4/c1-31-7-21-40(22-8-31)49(45-28-20-39-16-15-37-5-4-6-38-19-27-43(45)48(39)47(37)38)41-23-9-33(10-24-41)29-44(35-17-25-42(52-3)26-18-35)34-11-13-36(14-12-34)46(51)30-53-32(2)50;1-2/h4-28,44H,29-30H2,1-3H3;1-2H2. The second kappa shape index (κ2) is 16.1. The number of hydrogen-bond acceptors (Lipinski definition) is 5. The second-order valence-electron chi connectivity index (χ2n) is 13.6. The van der Waals surface area contributed by atoms with Crippen molar-refractivity contribution in [3.05, 3.63) is 193 Å². The van der Waals surface area contributed by atoms with Crippen LogP contribution in [0.25, 0.3) is 32.3 Å². The second-order valence-corrected chi connectivity index (χ2v) is 13.6. The Morgan fingerprint density at radius 1 is 0.636 bits per heavy atom. The molecule has 0 aliphatic heterocycles. The van der Waals surface area contributed by atoms with Gasteiger partial charge in [0, 0.05) is 35.2 Å². The molecule has 1 atom stereocenters. The fraction of sp³-hybridized carbons (Fsp3) is 0.120. The van der Waals surface area contributed by atoms with E-state index in [1.54, 1.807) is 7.11 Å². The van der Waals surface area contributed by atoms with Crippen LogP contribution in [0, 0.1) is 6.92 Å². The molecule has 272 valence electrons. The molecule has 0 bridgehead atoms. The number of aryl methyl sites for hydroxylation is 1. The highest BCUT2D eigenvalue weighted by Gasteiger charge is 2.20. The number of methoxy groups -OCH3 is 1. The number of hydrogen-bond donors (Lipinski definition) is 0. The van der Waals surface area contributed by atoms with Crippen molar-refractivity contribution in [3.8, 4) is 5.75 Å². The van der Waals surface area contributed by atoms with E-state index in [1.807, 2.05) is 36.4 Å². The topological polar surface area (TPSA) is 55.8 Å². The number of ether oxygens (including phenoxy) is 2. The average molecular weight is 722 g/mol. The predicted molar refractivity (Wildman–Crippen MR) is 227 cm³/mol. The zero-order valence-electron chi connectivity index (χ0n) is 31.4. The van der Waals surface area contributed by atoms with Crippen molar-refractivity contribution in [1.29, 1.82) is 0 Å². The van der Waals surface area contributed by atoms with Crippen LogP contribution in [-0.4, -0.2) is 25.5 Å². The van der Waals surface area contributed by atoms with Crippen molar-refractivity contribution in [3.63, 3.8) is 0 Å². The van der Waals surface area contributed by atoms with Crippen LogP contribution >= 0.6 is 0 Å². The molecule has 0 saturated heterocycles. The maximum atomic E-state index is 12.6. The molecular formula is C50H43NO4. The fourth-order valence-electron chi connectivity index (χ4n) is 7.47. The number of anilines is 3. The van der Waals surface area contributed by atoms with E-state index in [9.17, 15) is 9.59 Å². The molecule has 0 fully saturated rings. The number of rotatable bonds is 11. The highest BCUT2D eigenvalue weighted by molar-refractivity contribution is 6.25. The van der Waals surface area contributed by atoms with Gasteiger partial charge in [-0.3, -0.25) is 9.59 Å². The molecule has 0 heterocycles. The summed E-state index contributed by atoms with van der Waals surface area (Å²) in [5.74, 6) is 0.117. The minimum atomic E-state index is -0.474. The van der Waals surface area contributed by atoms with Crippen molar-refractivity contribution in [2.24, 2.45) is 0 Å². The van der Waals surface area contributed by atoms with Gasteiger partial charge in [-0.05, 0) is 99.4 Å². The van der Waals surface area contributed by atoms with Gasteiger partial charge in [0.15, 0.2) is 12.4 Å². The highest BCUT2D eigenvalue weighted by Crippen LogP contribution is 2.44. The largest absolute Gasteiger partial charge is 0.497 e. The molecule has 0 saturated carbocycles. The van der Waals surface area contributed by atoms with E-state index in [1.165, 1.54) is 50.4 Å². The number of Topliss-reactive ketones (excluding diaryl/α,β-unsaturated/α-hetero) is 1. The molecule has 0 N–H and O–H groups in total. The van der Waals surface area contributed by atoms with Crippen LogP contribution in [0.4, 0.5) is 17.1 Å². The Balaban J connectivity index is 0.00000229. The van der Waals surface area contributed by atoms with E-state index in [-0.39, 0.29) is 18.3 Å². The van der Waals surface area contributed by atoms with E-state index < -0.39 is 5.97 Å². The molecular weight excluding hydrogens is 679 g/mol. The van der Waals surface area contributed by atoms with E-state index >= 15 is 0 Å². The van der Waals surface area contributed by atoms with Gasteiger partial charge in [0.1, 0.15) is 5.75 Å². The Morgan fingerprint density at radius 2 is 1.18 bits per heavy atom. The van der Waals surface area contributed by atoms with Crippen LogP contribution < -0.4 is 9.64 Å². The van der Waals surface area contributed by atoms with E-state index in [0.29, 0.717) is 5.56 Å². The van der Waals surface area contributed by atoms with Gasteiger partial charge in [0.25, 0.3) is 0 Å². The molecule has 5 nitrogen and oxygen atoms in total. The van der Waals surface area contributed by atoms with Gasteiger partial charge in [0.05, 0.1) is 12.8 Å². The third-order valence-electron chi connectivity index (χ3n) is 10.2. The normalized spacial score (nSPS) is 11.5. The molecule has 8 aromatic rings. The summed E-state index contributed by atoms with van der Waals surface area (Å²) in [5.41, 5.74) is 8.43. The van der Waals surface area contributed by atoms with E-state index in [2.05, 4.69) is 140 Å². The third-order valence-corrected chi connectivity index (χ3v) is 10.2. The molecule has 8 rings (SSSR count). The monoisotopic (exact) mass is 721 g/mol. The molecule has 0 spiro atoms.